The fourth-order valence-electron chi connectivity index (χ4n) is 0.779. The maximum absolute atomic E-state index is 10.1. The van der Waals surface area contributed by atoms with Crippen molar-refractivity contribution in [2.75, 3.05) is 7.11 Å². The quantitative estimate of drug-likeness (QED) is 0.414. The van der Waals surface area contributed by atoms with Gasteiger partial charge in [-0.1, -0.05) is 18.2 Å². The van der Waals surface area contributed by atoms with Crippen LogP contribution in [0, 0.1) is 0 Å². The van der Waals surface area contributed by atoms with E-state index in [1.165, 1.54) is 31.4 Å². The second kappa shape index (κ2) is 7.44. The summed E-state index contributed by atoms with van der Waals surface area (Å²) < 4.78 is 4.88. The van der Waals surface area contributed by atoms with Gasteiger partial charge in [0.15, 0.2) is 11.5 Å². The van der Waals surface area contributed by atoms with E-state index in [0.29, 0.717) is 0 Å². The summed E-state index contributed by atoms with van der Waals surface area (Å²) in [6.07, 6.45) is 8.39. The Kier molecular flexibility index (Phi) is 6.46. The monoisotopic (exact) mass is 210 g/mol. The van der Waals surface area contributed by atoms with E-state index in [1.807, 2.05) is 0 Å². The molecule has 0 aromatic rings. The molecular weight excluding hydrogens is 196 g/mol. The molecule has 0 unspecified atom stereocenters. The van der Waals surface area contributed by atoms with Gasteiger partial charge in [-0.2, -0.15) is 0 Å². The molecule has 0 fully saturated rings. The van der Waals surface area contributed by atoms with Crippen molar-refractivity contribution in [1.82, 2.24) is 0 Å². The fraction of sp³-hybridized carbons (Fsp3) is 0.182. The number of methoxy groups -OCH3 is 1. The van der Waals surface area contributed by atoms with Crippen molar-refractivity contribution >= 4 is 5.97 Å². The van der Waals surface area contributed by atoms with Gasteiger partial charge in [0.25, 0.3) is 0 Å². The SMILES string of the molecule is C\C=C/C(O)=C(\C=C\C=C\C(=O)O)OC. The van der Waals surface area contributed by atoms with Crippen molar-refractivity contribution < 1.29 is 19.7 Å². The summed E-state index contributed by atoms with van der Waals surface area (Å²) in [4.78, 5) is 10.1. The minimum atomic E-state index is -1.03. The summed E-state index contributed by atoms with van der Waals surface area (Å²) >= 11 is 0. The number of hydrogen-bond donors (Lipinski definition) is 2. The van der Waals surface area contributed by atoms with E-state index in [9.17, 15) is 9.90 Å². The summed E-state index contributed by atoms with van der Waals surface area (Å²) in [6.45, 7) is 1.76. The lowest BCUT2D eigenvalue weighted by Crippen LogP contribution is -1.88. The Bertz CT molecular complexity index is 321. The number of aliphatic hydroxyl groups is 1. The molecule has 82 valence electrons. The average Bonchev–Trinajstić information content (AvgIpc) is 2.17. The van der Waals surface area contributed by atoms with Crippen molar-refractivity contribution in [2.24, 2.45) is 0 Å². The van der Waals surface area contributed by atoms with Crippen LogP contribution in [0.3, 0.4) is 0 Å². The topological polar surface area (TPSA) is 66.8 Å². The Morgan fingerprint density at radius 2 is 1.73 bits per heavy atom. The standard InChI is InChI=1S/C11H14O4/c1-3-6-9(12)10(15-2)7-4-5-8-11(13)14/h3-8,12H,1-2H3,(H,13,14)/b6-3-,7-4+,8-5+,10-9-. The molecule has 0 radical (unpaired) electrons. The first-order valence-corrected chi connectivity index (χ1v) is 4.29. The van der Waals surface area contributed by atoms with Crippen LogP contribution in [0.2, 0.25) is 0 Å². The highest BCUT2D eigenvalue weighted by molar-refractivity contribution is 5.80. The van der Waals surface area contributed by atoms with Gasteiger partial charge in [0.1, 0.15) is 0 Å². The van der Waals surface area contributed by atoms with Gasteiger partial charge in [0.05, 0.1) is 7.11 Å². The number of carboxylic acid groups (broad SMARTS) is 1. The molecule has 0 bridgehead atoms. The third-order valence-electron chi connectivity index (χ3n) is 1.39. The van der Waals surface area contributed by atoms with Gasteiger partial charge in [0, 0.05) is 6.08 Å². The summed E-state index contributed by atoms with van der Waals surface area (Å²) in [5, 5.41) is 17.7. The van der Waals surface area contributed by atoms with E-state index in [0.717, 1.165) is 6.08 Å². The third kappa shape index (κ3) is 6.15. The zero-order chi connectivity index (χ0) is 11.7. The second-order valence-corrected chi connectivity index (χ2v) is 2.51. The number of ether oxygens (including phenoxy) is 1. The van der Waals surface area contributed by atoms with E-state index in [2.05, 4.69) is 0 Å². The number of rotatable bonds is 5. The molecule has 0 spiro atoms. The lowest BCUT2D eigenvalue weighted by molar-refractivity contribution is -0.131. The Morgan fingerprint density at radius 3 is 2.20 bits per heavy atom. The molecular formula is C11H14O4. The molecule has 0 rings (SSSR count). The summed E-state index contributed by atoms with van der Waals surface area (Å²) in [7, 11) is 1.42. The largest absolute Gasteiger partial charge is 0.504 e. The molecule has 4 nitrogen and oxygen atoms in total. The molecule has 0 saturated heterocycles. The van der Waals surface area contributed by atoms with Crippen LogP contribution in [-0.2, 0) is 9.53 Å². The second-order valence-electron chi connectivity index (χ2n) is 2.51. The zero-order valence-electron chi connectivity index (χ0n) is 8.68. The fourth-order valence-corrected chi connectivity index (χ4v) is 0.779. The number of aliphatic hydroxyl groups excluding tert-OH is 1. The Hall–Kier alpha value is -1.97. The van der Waals surface area contributed by atoms with Crippen molar-refractivity contribution in [3.8, 4) is 0 Å². The molecule has 0 aliphatic carbocycles. The van der Waals surface area contributed by atoms with E-state index in [4.69, 9.17) is 9.84 Å². The molecule has 0 aliphatic heterocycles. The molecule has 0 atom stereocenters. The predicted octanol–water partition coefficient (Wildman–Crippen LogP) is 2.18. The van der Waals surface area contributed by atoms with Gasteiger partial charge >= 0.3 is 5.97 Å². The van der Waals surface area contributed by atoms with Gasteiger partial charge in [-0.15, -0.1) is 0 Å². The van der Waals surface area contributed by atoms with E-state index >= 15 is 0 Å². The van der Waals surface area contributed by atoms with Crippen molar-refractivity contribution in [3.05, 3.63) is 48.0 Å². The molecule has 0 heterocycles. The van der Waals surface area contributed by atoms with Crippen LogP contribution in [0.1, 0.15) is 6.92 Å². The normalized spacial score (nSPS) is 13.7. The minimum absolute atomic E-state index is 0.0139. The number of allylic oxidation sites excluding steroid dienone is 5. The molecule has 0 aliphatic rings. The Labute approximate surface area is 88.5 Å². The van der Waals surface area contributed by atoms with Crippen molar-refractivity contribution in [2.45, 2.75) is 6.92 Å². The van der Waals surface area contributed by atoms with Crippen LogP contribution in [0.5, 0.6) is 0 Å². The van der Waals surface area contributed by atoms with E-state index in [1.54, 1.807) is 13.0 Å². The highest BCUT2D eigenvalue weighted by Gasteiger charge is 1.96. The van der Waals surface area contributed by atoms with Gasteiger partial charge in [0.2, 0.25) is 0 Å². The van der Waals surface area contributed by atoms with Crippen LogP contribution < -0.4 is 0 Å². The van der Waals surface area contributed by atoms with Crippen molar-refractivity contribution in [3.63, 3.8) is 0 Å². The first-order chi connectivity index (χ1) is 7.11. The molecule has 0 aromatic carbocycles. The maximum atomic E-state index is 10.1. The van der Waals surface area contributed by atoms with Gasteiger partial charge in [-0.3, -0.25) is 0 Å². The summed E-state index contributed by atoms with van der Waals surface area (Å²) in [6, 6.07) is 0. The zero-order valence-corrected chi connectivity index (χ0v) is 8.68. The number of hydrogen-bond acceptors (Lipinski definition) is 3. The van der Waals surface area contributed by atoms with Crippen LogP contribution >= 0.6 is 0 Å². The lowest BCUT2D eigenvalue weighted by atomic mass is 10.3. The van der Waals surface area contributed by atoms with Crippen molar-refractivity contribution in [1.29, 1.82) is 0 Å². The van der Waals surface area contributed by atoms with Gasteiger partial charge in [-0.25, -0.2) is 4.79 Å². The smallest absolute Gasteiger partial charge is 0.328 e. The highest BCUT2D eigenvalue weighted by atomic mass is 16.5. The first kappa shape index (κ1) is 13.0. The molecule has 15 heavy (non-hydrogen) atoms. The van der Waals surface area contributed by atoms with Crippen LogP contribution in [-0.4, -0.2) is 23.3 Å². The Balaban J connectivity index is 4.59. The van der Waals surface area contributed by atoms with Gasteiger partial charge in [-0.05, 0) is 19.1 Å². The van der Waals surface area contributed by atoms with Crippen LogP contribution in [0.25, 0.3) is 0 Å². The molecule has 4 heteroatoms. The molecule has 0 amide bonds. The van der Waals surface area contributed by atoms with Gasteiger partial charge < -0.3 is 14.9 Å². The first-order valence-electron chi connectivity index (χ1n) is 4.29. The van der Waals surface area contributed by atoms with Crippen LogP contribution in [0.15, 0.2) is 48.0 Å². The average molecular weight is 210 g/mol. The third-order valence-corrected chi connectivity index (χ3v) is 1.39. The number of carbonyl (C=O) groups is 1. The molecule has 0 saturated carbocycles. The predicted molar refractivity (Wildman–Crippen MR) is 57.4 cm³/mol. The highest BCUT2D eigenvalue weighted by Crippen LogP contribution is 2.05. The lowest BCUT2D eigenvalue weighted by Gasteiger charge is -2.00. The number of carboxylic acids is 1. The maximum Gasteiger partial charge on any atom is 0.328 e. The number of aliphatic carboxylic acids is 1. The molecule has 0 aromatic heterocycles. The minimum Gasteiger partial charge on any atom is -0.504 e. The summed E-state index contributed by atoms with van der Waals surface area (Å²) in [5.74, 6) is -0.775. The summed E-state index contributed by atoms with van der Waals surface area (Å²) in [5.41, 5.74) is 0. The van der Waals surface area contributed by atoms with Crippen LogP contribution in [0.4, 0.5) is 0 Å². The Morgan fingerprint density at radius 1 is 1.13 bits per heavy atom. The van der Waals surface area contributed by atoms with E-state index < -0.39 is 5.97 Å². The van der Waals surface area contributed by atoms with E-state index in [-0.39, 0.29) is 11.5 Å². The molecule has 2 N–H and O–H groups in total.